The summed E-state index contributed by atoms with van der Waals surface area (Å²) in [5, 5.41) is 29.4. The van der Waals surface area contributed by atoms with Crippen LogP contribution in [-0.2, 0) is 18.0 Å². The van der Waals surface area contributed by atoms with Crippen LogP contribution in [0.3, 0.4) is 0 Å². The number of aliphatic hydroxyl groups is 2. The molecule has 0 saturated carbocycles. The third kappa shape index (κ3) is 1.40. The number of fused-ring (bicyclic) bond motifs is 2. The monoisotopic (exact) mass is 236 g/mol. The van der Waals surface area contributed by atoms with Gasteiger partial charge in [-0.15, -0.1) is 0 Å². The van der Waals surface area contributed by atoms with Gasteiger partial charge in [-0.1, -0.05) is 0 Å². The van der Waals surface area contributed by atoms with Crippen molar-refractivity contribution in [3.05, 3.63) is 28.3 Å². The first kappa shape index (κ1) is 10.7. The topological polar surface area (TPSA) is 87.0 Å². The molecule has 1 aliphatic carbocycles. The highest BCUT2D eigenvalue weighted by Gasteiger charge is 2.36. The van der Waals surface area contributed by atoms with Gasteiger partial charge in [0.2, 0.25) is 0 Å². The van der Waals surface area contributed by atoms with Gasteiger partial charge in [0.1, 0.15) is 11.9 Å². The van der Waals surface area contributed by atoms with E-state index in [4.69, 9.17) is 4.74 Å². The smallest absolute Gasteiger partial charge is 0.169 e. The first-order valence-corrected chi connectivity index (χ1v) is 5.44. The molecule has 2 atom stereocenters. The summed E-state index contributed by atoms with van der Waals surface area (Å²) in [5.41, 5.74) is 1.81. The van der Waals surface area contributed by atoms with Gasteiger partial charge in [0.05, 0.1) is 24.9 Å². The fourth-order valence-electron chi connectivity index (χ4n) is 2.48. The Bertz CT molecular complexity index is 508. The third-order valence-corrected chi connectivity index (χ3v) is 3.39. The van der Waals surface area contributed by atoms with Crippen LogP contribution in [0.4, 0.5) is 0 Å². The van der Waals surface area contributed by atoms with E-state index in [1.807, 2.05) is 0 Å². The number of aromatic hydroxyl groups is 1. The van der Waals surface area contributed by atoms with E-state index in [0.29, 0.717) is 17.7 Å². The van der Waals surface area contributed by atoms with Gasteiger partial charge in [0.15, 0.2) is 5.78 Å². The van der Waals surface area contributed by atoms with Gasteiger partial charge in [0, 0.05) is 12.0 Å². The predicted molar refractivity (Wildman–Crippen MR) is 56.5 cm³/mol. The maximum atomic E-state index is 11.8. The summed E-state index contributed by atoms with van der Waals surface area (Å²) >= 11 is 0. The van der Waals surface area contributed by atoms with Gasteiger partial charge in [-0.3, -0.25) is 4.79 Å². The van der Waals surface area contributed by atoms with Crippen molar-refractivity contribution >= 4 is 5.78 Å². The molecule has 0 aromatic heterocycles. The fourth-order valence-corrected chi connectivity index (χ4v) is 2.48. The number of phenols is 1. The summed E-state index contributed by atoms with van der Waals surface area (Å²) in [7, 11) is 0. The van der Waals surface area contributed by atoms with E-state index >= 15 is 0 Å². The Labute approximate surface area is 97.3 Å². The number of hydrogen-bond acceptors (Lipinski definition) is 5. The number of rotatable bonds is 0. The predicted octanol–water partition coefficient (Wildman–Crippen LogP) is 0.403. The van der Waals surface area contributed by atoms with E-state index in [2.05, 4.69) is 0 Å². The molecule has 1 heterocycles. The van der Waals surface area contributed by atoms with Crippen molar-refractivity contribution < 1.29 is 24.9 Å². The summed E-state index contributed by atoms with van der Waals surface area (Å²) in [6.45, 7) is 0.632. The van der Waals surface area contributed by atoms with Crippen molar-refractivity contribution in [2.75, 3.05) is 0 Å². The Kier molecular flexibility index (Phi) is 2.22. The minimum Gasteiger partial charge on any atom is -0.507 e. The number of ketones is 1. The second-order valence-electron chi connectivity index (χ2n) is 4.46. The highest BCUT2D eigenvalue weighted by Crippen LogP contribution is 2.41. The quantitative estimate of drug-likeness (QED) is 0.607. The minimum absolute atomic E-state index is 0.106. The molecule has 3 rings (SSSR count). The lowest BCUT2D eigenvalue weighted by Crippen LogP contribution is -2.29. The van der Waals surface area contributed by atoms with Crippen LogP contribution in [0, 0.1) is 0 Å². The average Bonchev–Trinajstić information content (AvgIpc) is 2.74. The van der Waals surface area contributed by atoms with Gasteiger partial charge < -0.3 is 20.1 Å². The largest absolute Gasteiger partial charge is 0.507 e. The van der Waals surface area contributed by atoms with Crippen molar-refractivity contribution in [1.29, 1.82) is 0 Å². The van der Waals surface area contributed by atoms with E-state index in [-0.39, 0.29) is 30.1 Å². The SMILES string of the molecule is O=C1CC(O)C(O)c2cc3c(c(O)c21)COC3. The zero-order valence-electron chi connectivity index (χ0n) is 9.01. The lowest BCUT2D eigenvalue weighted by Gasteiger charge is -2.26. The number of phenolic OH excluding ortho intramolecular Hbond substituents is 1. The Morgan fingerprint density at radius 2 is 2.06 bits per heavy atom. The van der Waals surface area contributed by atoms with Crippen LogP contribution in [0.15, 0.2) is 6.07 Å². The lowest BCUT2D eigenvalue weighted by molar-refractivity contribution is 0.00838. The van der Waals surface area contributed by atoms with Gasteiger partial charge in [-0.05, 0) is 17.2 Å². The number of benzene rings is 1. The molecule has 0 spiro atoms. The second-order valence-corrected chi connectivity index (χ2v) is 4.46. The van der Waals surface area contributed by atoms with Gasteiger partial charge in [-0.25, -0.2) is 0 Å². The van der Waals surface area contributed by atoms with Crippen molar-refractivity contribution in [3.63, 3.8) is 0 Å². The Morgan fingerprint density at radius 3 is 2.82 bits per heavy atom. The number of Topliss-reactive ketones (excluding diaryl/α,β-unsaturated/α-hetero) is 1. The van der Waals surface area contributed by atoms with E-state index in [0.717, 1.165) is 5.56 Å². The van der Waals surface area contributed by atoms with E-state index < -0.39 is 12.2 Å². The summed E-state index contributed by atoms with van der Waals surface area (Å²) in [4.78, 5) is 11.8. The number of hydrogen-bond donors (Lipinski definition) is 3. The van der Waals surface area contributed by atoms with Crippen molar-refractivity contribution in [1.82, 2.24) is 0 Å². The highest BCUT2D eigenvalue weighted by molar-refractivity contribution is 6.02. The Balaban J connectivity index is 2.26. The summed E-state index contributed by atoms with van der Waals surface area (Å²) in [6.07, 6.45) is -2.39. The molecule has 90 valence electrons. The summed E-state index contributed by atoms with van der Waals surface area (Å²) in [6, 6.07) is 1.64. The van der Waals surface area contributed by atoms with Crippen LogP contribution in [0.25, 0.3) is 0 Å². The molecule has 2 aliphatic rings. The summed E-state index contributed by atoms with van der Waals surface area (Å²) < 4.78 is 5.20. The molecule has 1 aromatic carbocycles. The molecule has 1 aromatic rings. The van der Waals surface area contributed by atoms with Crippen LogP contribution < -0.4 is 0 Å². The van der Waals surface area contributed by atoms with E-state index in [1.165, 1.54) is 0 Å². The number of ether oxygens (including phenoxy) is 1. The number of carbonyl (C=O) groups excluding carboxylic acids is 1. The molecule has 0 saturated heterocycles. The minimum atomic E-state index is -1.13. The zero-order valence-corrected chi connectivity index (χ0v) is 9.01. The standard InChI is InChI=1S/C12H12O5/c13-8-2-9(14)11(15)6-1-5-3-17-4-7(5)12(16)10(6)8/h1,9,11,14-16H,2-4H2. The van der Waals surface area contributed by atoms with Crippen LogP contribution in [0.2, 0.25) is 0 Å². The van der Waals surface area contributed by atoms with Crippen LogP contribution in [0.5, 0.6) is 5.75 Å². The molecule has 5 heteroatoms. The second kappa shape index (κ2) is 3.53. The maximum Gasteiger partial charge on any atom is 0.169 e. The van der Waals surface area contributed by atoms with Crippen LogP contribution >= 0.6 is 0 Å². The first-order valence-electron chi connectivity index (χ1n) is 5.44. The normalized spacial score (nSPS) is 26.8. The highest BCUT2D eigenvalue weighted by atomic mass is 16.5. The van der Waals surface area contributed by atoms with Crippen molar-refractivity contribution in [3.8, 4) is 5.75 Å². The molecule has 0 amide bonds. The molecule has 0 fully saturated rings. The van der Waals surface area contributed by atoms with E-state index in [1.54, 1.807) is 6.07 Å². The first-order chi connectivity index (χ1) is 8.09. The van der Waals surface area contributed by atoms with Gasteiger partial charge in [0.25, 0.3) is 0 Å². The average molecular weight is 236 g/mol. The van der Waals surface area contributed by atoms with Gasteiger partial charge in [-0.2, -0.15) is 0 Å². The third-order valence-electron chi connectivity index (χ3n) is 3.39. The lowest BCUT2D eigenvalue weighted by atomic mass is 9.83. The molecular formula is C12H12O5. The molecule has 1 aliphatic heterocycles. The molecule has 3 N–H and O–H groups in total. The molecular weight excluding hydrogens is 224 g/mol. The van der Waals surface area contributed by atoms with Crippen molar-refractivity contribution in [2.24, 2.45) is 0 Å². The van der Waals surface area contributed by atoms with Crippen molar-refractivity contribution in [2.45, 2.75) is 31.8 Å². The van der Waals surface area contributed by atoms with Gasteiger partial charge >= 0.3 is 0 Å². The Hall–Kier alpha value is -1.43. The zero-order chi connectivity index (χ0) is 12.2. The molecule has 5 nitrogen and oxygen atoms in total. The maximum absolute atomic E-state index is 11.8. The summed E-state index contributed by atoms with van der Waals surface area (Å²) in [5.74, 6) is -0.448. The molecule has 17 heavy (non-hydrogen) atoms. The molecule has 0 bridgehead atoms. The van der Waals surface area contributed by atoms with Crippen LogP contribution in [0.1, 0.15) is 39.6 Å². The van der Waals surface area contributed by atoms with E-state index in [9.17, 15) is 20.1 Å². The Morgan fingerprint density at radius 1 is 1.29 bits per heavy atom. The fraction of sp³-hybridized carbons (Fsp3) is 0.417. The molecule has 2 unspecified atom stereocenters. The van der Waals surface area contributed by atoms with Crippen LogP contribution in [-0.4, -0.2) is 27.2 Å². The number of aliphatic hydroxyl groups excluding tert-OH is 2. The molecule has 0 radical (unpaired) electrons. The number of carbonyl (C=O) groups is 1.